The highest BCUT2D eigenvalue weighted by molar-refractivity contribution is 5.13. The molecular weight excluding hydrogens is 240 g/mol. The summed E-state index contributed by atoms with van der Waals surface area (Å²) < 4.78 is 16.8. The first-order valence-corrected chi connectivity index (χ1v) is 7.30. The van der Waals surface area contributed by atoms with Gasteiger partial charge in [0.1, 0.15) is 0 Å². The summed E-state index contributed by atoms with van der Waals surface area (Å²) in [6.45, 7) is 3.13. The van der Waals surface area contributed by atoms with Crippen molar-refractivity contribution in [2.45, 2.75) is 45.0 Å². The summed E-state index contributed by atoms with van der Waals surface area (Å²) in [4.78, 5) is 0. The van der Waals surface area contributed by atoms with E-state index in [4.69, 9.17) is 14.2 Å². The quantitative estimate of drug-likeness (QED) is 0.672. The highest BCUT2D eigenvalue weighted by Gasteiger charge is 2.13. The van der Waals surface area contributed by atoms with Crippen molar-refractivity contribution in [2.75, 3.05) is 19.8 Å². The topological polar surface area (TPSA) is 27.7 Å². The van der Waals surface area contributed by atoms with Crippen LogP contribution in [0.4, 0.5) is 0 Å². The van der Waals surface area contributed by atoms with Gasteiger partial charge in [0.2, 0.25) is 0 Å². The molecule has 1 fully saturated rings. The van der Waals surface area contributed by atoms with Crippen LogP contribution in [0.1, 0.15) is 37.7 Å². The lowest BCUT2D eigenvalue weighted by Gasteiger charge is -2.22. The zero-order valence-corrected chi connectivity index (χ0v) is 11.6. The average molecular weight is 264 g/mol. The molecule has 0 N–H and O–H groups in total. The molecular formula is C16H24O3. The van der Waals surface area contributed by atoms with E-state index < -0.39 is 0 Å². The lowest BCUT2D eigenvalue weighted by Crippen LogP contribution is -2.22. The number of hydrogen-bond donors (Lipinski definition) is 0. The molecule has 0 bridgehead atoms. The fourth-order valence-corrected chi connectivity index (χ4v) is 2.13. The van der Waals surface area contributed by atoms with Gasteiger partial charge in [-0.05, 0) is 37.7 Å². The van der Waals surface area contributed by atoms with Crippen molar-refractivity contribution in [1.29, 1.82) is 0 Å². The van der Waals surface area contributed by atoms with E-state index in [2.05, 4.69) is 12.1 Å². The summed E-state index contributed by atoms with van der Waals surface area (Å²) in [6, 6.07) is 10.3. The summed E-state index contributed by atoms with van der Waals surface area (Å²) >= 11 is 0. The van der Waals surface area contributed by atoms with Crippen LogP contribution in [-0.4, -0.2) is 26.1 Å². The molecule has 1 aliphatic rings. The van der Waals surface area contributed by atoms with Gasteiger partial charge in [0.05, 0.1) is 6.61 Å². The molecule has 19 heavy (non-hydrogen) atoms. The van der Waals surface area contributed by atoms with Crippen molar-refractivity contribution >= 4 is 0 Å². The monoisotopic (exact) mass is 264 g/mol. The molecule has 0 radical (unpaired) electrons. The second-order valence-corrected chi connectivity index (χ2v) is 4.91. The SMILES string of the molecule is c1ccc(COCCCCOC2CCCCO2)cc1. The first-order valence-electron chi connectivity index (χ1n) is 7.30. The van der Waals surface area contributed by atoms with Gasteiger partial charge in [-0.3, -0.25) is 0 Å². The first kappa shape index (κ1) is 14.5. The number of rotatable bonds is 8. The second-order valence-electron chi connectivity index (χ2n) is 4.91. The van der Waals surface area contributed by atoms with Crippen molar-refractivity contribution in [3.8, 4) is 0 Å². The van der Waals surface area contributed by atoms with Gasteiger partial charge in [-0.2, -0.15) is 0 Å². The maximum atomic E-state index is 5.67. The predicted octanol–water partition coefficient (Wildman–Crippen LogP) is 3.53. The molecule has 1 saturated heterocycles. The minimum Gasteiger partial charge on any atom is -0.377 e. The molecule has 1 aromatic rings. The van der Waals surface area contributed by atoms with Crippen LogP contribution in [0, 0.1) is 0 Å². The Morgan fingerprint density at radius 2 is 1.89 bits per heavy atom. The molecule has 2 rings (SSSR count). The van der Waals surface area contributed by atoms with Crippen molar-refractivity contribution in [1.82, 2.24) is 0 Å². The highest BCUT2D eigenvalue weighted by Crippen LogP contribution is 2.13. The van der Waals surface area contributed by atoms with Gasteiger partial charge < -0.3 is 14.2 Å². The van der Waals surface area contributed by atoms with E-state index in [0.29, 0.717) is 6.61 Å². The van der Waals surface area contributed by atoms with E-state index in [0.717, 1.165) is 39.1 Å². The molecule has 0 spiro atoms. The highest BCUT2D eigenvalue weighted by atomic mass is 16.7. The van der Waals surface area contributed by atoms with E-state index in [9.17, 15) is 0 Å². The van der Waals surface area contributed by atoms with Crippen LogP contribution >= 0.6 is 0 Å². The lowest BCUT2D eigenvalue weighted by atomic mass is 10.2. The molecule has 0 saturated carbocycles. The predicted molar refractivity (Wildman–Crippen MR) is 74.9 cm³/mol. The number of ether oxygens (including phenoxy) is 3. The third-order valence-corrected chi connectivity index (χ3v) is 3.24. The van der Waals surface area contributed by atoms with Gasteiger partial charge in [-0.15, -0.1) is 0 Å². The molecule has 3 heteroatoms. The van der Waals surface area contributed by atoms with Gasteiger partial charge in [-0.25, -0.2) is 0 Å². The summed E-state index contributed by atoms with van der Waals surface area (Å²) in [7, 11) is 0. The minimum absolute atomic E-state index is 0.0407. The summed E-state index contributed by atoms with van der Waals surface area (Å²) in [6.07, 6.45) is 5.57. The summed E-state index contributed by atoms with van der Waals surface area (Å²) in [5, 5.41) is 0. The molecule has 106 valence electrons. The van der Waals surface area contributed by atoms with Crippen LogP contribution < -0.4 is 0 Å². The standard InChI is InChI=1S/C16H24O3/c1-2-8-15(9-3-1)14-17-11-6-7-13-19-16-10-4-5-12-18-16/h1-3,8-9,16H,4-7,10-14H2. The molecule has 0 aliphatic carbocycles. The Labute approximate surface area is 115 Å². The zero-order valence-electron chi connectivity index (χ0n) is 11.6. The van der Waals surface area contributed by atoms with Gasteiger partial charge >= 0.3 is 0 Å². The molecule has 1 unspecified atom stereocenters. The van der Waals surface area contributed by atoms with Crippen LogP contribution in [0.3, 0.4) is 0 Å². The molecule has 1 atom stereocenters. The smallest absolute Gasteiger partial charge is 0.157 e. The summed E-state index contributed by atoms with van der Waals surface area (Å²) in [5.41, 5.74) is 1.23. The van der Waals surface area contributed by atoms with Crippen LogP contribution in [0.2, 0.25) is 0 Å². The Bertz CT molecular complexity index is 320. The van der Waals surface area contributed by atoms with Gasteiger partial charge in [0.15, 0.2) is 6.29 Å². The first-order chi connectivity index (χ1) is 9.45. The Hall–Kier alpha value is -0.900. The van der Waals surface area contributed by atoms with E-state index >= 15 is 0 Å². The summed E-state index contributed by atoms with van der Waals surface area (Å²) in [5.74, 6) is 0. The largest absolute Gasteiger partial charge is 0.377 e. The van der Waals surface area contributed by atoms with Crippen LogP contribution in [0.15, 0.2) is 30.3 Å². The molecule has 0 aromatic heterocycles. The van der Waals surface area contributed by atoms with Crippen LogP contribution in [0.5, 0.6) is 0 Å². The molecule has 1 aliphatic heterocycles. The number of unbranched alkanes of at least 4 members (excludes halogenated alkanes) is 1. The van der Waals surface area contributed by atoms with E-state index in [1.807, 2.05) is 18.2 Å². The van der Waals surface area contributed by atoms with Gasteiger partial charge in [0, 0.05) is 19.8 Å². The molecule has 1 aromatic carbocycles. The lowest BCUT2D eigenvalue weighted by molar-refractivity contribution is -0.163. The third-order valence-electron chi connectivity index (χ3n) is 3.24. The fourth-order valence-electron chi connectivity index (χ4n) is 2.13. The fraction of sp³-hybridized carbons (Fsp3) is 0.625. The van der Waals surface area contributed by atoms with Crippen molar-refractivity contribution in [3.05, 3.63) is 35.9 Å². The van der Waals surface area contributed by atoms with Gasteiger partial charge in [0.25, 0.3) is 0 Å². The van der Waals surface area contributed by atoms with Crippen LogP contribution in [-0.2, 0) is 20.8 Å². The minimum atomic E-state index is 0.0407. The van der Waals surface area contributed by atoms with E-state index in [1.165, 1.54) is 18.4 Å². The Kier molecular flexibility index (Phi) is 6.93. The van der Waals surface area contributed by atoms with Gasteiger partial charge in [-0.1, -0.05) is 30.3 Å². The maximum absolute atomic E-state index is 5.67. The average Bonchev–Trinajstić information content (AvgIpc) is 2.48. The third kappa shape index (κ3) is 6.19. The van der Waals surface area contributed by atoms with Crippen molar-refractivity contribution in [2.24, 2.45) is 0 Å². The van der Waals surface area contributed by atoms with Crippen molar-refractivity contribution < 1.29 is 14.2 Å². The second kappa shape index (κ2) is 9.08. The normalized spacial score (nSPS) is 19.5. The van der Waals surface area contributed by atoms with Crippen LogP contribution in [0.25, 0.3) is 0 Å². The zero-order chi connectivity index (χ0) is 13.2. The number of hydrogen-bond acceptors (Lipinski definition) is 3. The Morgan fingerprint density at radius 3 is 2.68 bits per heavy atom. The Balaban J connectivity index is 1.42. The maximum Gasteiger partial charge on any atom is 0.157 e. The molecule has 3 nitrogen and oxygen atoms in total. The van der Waals surface area contributed by atoms with E-state index in [1.54, 1.807) is 0 Å². The van der Waals surface area contributed by atoms with E-state index in [-0.39, 0.29) is 6.29 Å². The number of benzene rings is 1. The Morgan fingerprint density at radius 1 is 1.05 bits per heavy atom. The van der Waals surface area contributed by atoms with Crippen molar-refractivity contribution in [3.63, 3.8) is 0 Å². The molecule has 0 amide bonds. The molecule has 1 heterocycles.